The van der Waals surface area contributed by atoms with E-state index >= 15 is 0 Å². The lowest BCUT2D eigenvalue weighted by Gasteiger charge is -2.23. The van der Waals surface area contributed by atoms with E-state index in [2.05, 4.69) is 5.10 Å². The summed E-state index contributed by atoms with van der Waals surface area (Å²) in [4.78, 5) is 25.2. The maximum atomic E-state index is 12.2. The Hall–Kier alpha value is -2.63. The van der Waals surface area contributed by atoms with Crippen molar-refractivity contribution in [2.45, 2.75) is 25.4 Å². The lowest BCUT2D eigenvalue weighted by molar-refractivity contribution is -0.138. The first-order chi connectivity index (χ1) is 10.6. The average Bonchev–Trinajstić information content (AvgIpc) is 3.00. The Labute approximate surface area is 127 Å². The van der Waals surface area contributed by atoms with Gasteiger partial charge in [-0.2, -0.15) is 5.10 Å². The molecule has 6 nitrogen and oxygen atoms in total. The van der Waals surface area contributed by atoms with Crippen LogP contribution in [0, 0.1) is 0 Å². The zero-order chi connectivity index (χ0) is 15.5. The molecule has 114 valence electrons. The van der Waals surface area contributed by atoms with Gasteiger partial charge in [0.15, 0.2) is 0 Å². The molecule has 1 aliphatic rings. The first kappa shape index (κ1) is 14.3. The van der Waals surface area contributed by atoms with Crippen molar-refractivity contribution in [3.05, 3.63) is 58.5 Å². The monoisotopic (exact) mass is 299 g/mol. The molecular weight excluding hydrogens is 282 g/mol. The molecule has 0 aliphatic carbocycles. The second kappa shape index (κ2) is 6.01. The van der Waals surface area contributed by atoms with Crippen LogP contribution in [0.5, 0.6) is 0 Å². The van der Waals surface area contributed by atoms with Crippen LogP contribution in [0.15, 0.2) is 47.4 Å². The molecule has 0 radical (unpaired) electrons. The van der Waals surface area contributed by atoms with Crippen LogP contribution in [0.4, 0.5) is 5.69 Å². The van der Waals surface area contributed by atoms with Gasteiger partial charge in [-0.15, -0.1) is 0 Å². The van der Waals surface area contributed by atoms with E-state index in [4.69, 9.17) is 0 Å². The number of carboxylic acids is 1. The molecule has 1 aromatic heterocycles. The van der Waals surface area contributed by atoms with Crippen molar-refractivity contribution in [1.29, 1.82) is 0 Å². The van der Waals surface area contributed by atoms with E-state index in [0.29, 0.717) is 25.2 Å². The highest BCUT2D eigenvalue weighted by molar-refractivity contribution is 5.78. The summed E-state index contributed by atoms with van der Waals surface area (Å²) in [6.45, 7) is 1.04. The van der Waals surface area contributed by atoms with Crippen molar-refractivity contribution < 1.29 is 9.90 Å². The predicted octanol–water partition coefficient (Wildman–Crippen LogP) is 1.34. The molecule has 0 bridgehead atoms. The van der Waals surface area contributed by atoms with Crippen LogP contribution in [0.3, 0.4) is 0 Å². The van der Waals surface area contributed by atoms with Gasteiger partial charge < -0.3 is 10.0 Å². The lowest BCUT2D eigenvalue weighted by atomic mass is 10.2. The minimum atomic E-state index is -0.856. The Balaban J connectivity index is 1.83. The van der Waals surface area contributed by atoms with Crippen LogP contribution in [0.2, 0.25) is 0 Å². The predicted molar refractivity (Wildman–Crippen MR) is 82.0 cm³/mol. The molecule has 0 amide bonds. The summed E-state index contributed by atoms with van der Waals surface area (Å²) >= 11 is 0. The maximum Gasteiger partial charge on any atom is 0.326 e. The van der Waals surface area contributed by atoms with Crippen molar-refractivity contribution in [3.8, 4) is 0 Å². The minimum absolute atomic E-state index is 0.225. The number of hydrogen-bond donors (Lipinski definition) is 1. The third kappa shape index (κ3) is 2.86. The number of benzene rings is 1. The number of nitrogens with zero attached hydrogens (tertiary/aromatic N) is 3. The van der Waals surface area contributed by atoms with Gasteiger partial charge in [-0.1, -0.05) is 30.3 Å². The Morgan fingerprint density at radius 3 is 2.77 bits per heavy atom. The molecule has 1 aromatic carbocycles. The average molecular weight is 299 g/mol. The fourth-order valence-electron chi connectivity index (χ4n) is 2.79. The smallest absolute Gasteiger partial charge is 0.326 e. The number of aromatic nitrogens is 2. The molecular formula is C16H17N3O3. The van der Waals surface area contributed by atoms with Gasteiger partial charge in [-0.25, -0.2) is 9.48 Å². The van der Waals surface area contributed by atoms with Crippen molar-refractivity contribution in [2.24, 2.45) is 0 Å². The quantitative estimate of drug-likeness (QED) is 0.922. The molecule has 0 saturated carbocycles. The van der Waals surface area contributed by atoms with Gasteiger partial charge in [0.2, 0.25) is 0 Å². The number of carbonyl (C=O) groups is 1. The zero-order valence-electron chi connectivity index (χ0n) is 12.1. The summed E-state index contributed by atoms with van der Waals surface area (Å²) in [5, 5.41) is 13.4. The van der Waals surface area contributed by atoms with Gasteiger partial charge in [0.1, 0.15) is 6.04 Å². The van der Waals surface area contributed by atoms with E-state index in [-0.39, 0.29) is 5.56 Å². The maximum absolute atomic E-state index is 12.2. The molecule has 1 N–H and O–H groups in total. The van der Waals surface area contributed by atoms with Crippen LogP contribution in [0.25, 0.3) is 0 Å². The van der Waals surface area contributed by atoms with Crippen LogP contribution in [-0.4, -0.2) is 33.4 Å². The molecule has 3 rings (SSSR count). The summed E-state index contributed by atoms with van der Waals surface area (Å²) in [5.41, 5.74) is 1.35. The largest absolute Gasteiger partial charge is 0.480 e. The number of hydrogen-bond acceptors (Lipinski definition) is 4. The van der Waals surface area contributed by atoms with E-state index in [9.17, 15) is 14.7 Å². The van der Waals surface area contributed by atoms with Crippen molar-refractivity contribution in [3.63, 3.8) is 0 Å². The number of rotatable bonds is 4. The van der Waals surface area contributed by atoms with Gasteiger partial charge in [0, 0.05) is 12.6 Å². The van der Waals surface area contributed by atoms with Crippen LogP contribution in [-0.2, 0) is 11.3 Å². The fourth-order valence-corrected chi connectivity index (χ4v) is 2.79. The summed E-state index contributed by atoms with van der Waals surface area (Å²) in [5.74, 6) is -0.856. The third-order valence-corrected chi connectivity index (χ3v) is 3.90. The normalized spacial score (nSPS) is 17.6. The third-order valence-electron chi connectivity index (χ3n) is 3.90. The van der Waals surface area contributed by atoms with Gasteiger partial charge in [0.05, 0.1) is 18.4 Å². The highest BCUT2D eigenvalue weighted by Gasteiger charge is 2.31. The summed E-state index contributed by atoms with van der Waals surface area (Å²) < 4.78 is 1.38. The second-order valence-corrected chi connectivity index (χ2v) is 5.38. The van der Waals surface area contributed by atoms with Crippen LogP contribution < -0.4 is 10.5 Å². The van der Waals surface area contributed by atoms with E-state index in [1.807, 2.05) is 30.3 Å². The molecule has 1 unspecified atom stereocenters. The van der Waals surface area contributed by atoms with E-state index in [0.717, 1.165) is 12.0 Å². The number of aliphatic carboxylic acids is 1. The van der Waals surface area contributed by atoms with E-state index < -0.39 is 12.0 Å². The highest BCUT2D eigenvalue weighted by Crippen LogP contribution is 2.23. The Morgan fingerprint density at radius 1 is 1.32 bits per heavy atom. The van der Waals surface area contributed by atoms with E-state index in [1.165, 1.54) is 10.7 Å². The fraction of sp³-hybridized carbons (Fsp3) is 0.312. The molecule has 0 spiro atoms. The van der Waals surface area contributed by atoms with Gasteiger partial charge >= 0.3 is 5.97 Å². The van der Waals surface area contributed by atoms with Crippen molar-refractivity contribution in [1.82, 2.24) is 9.78 Å². The lowest BCUT2D eigenvalue weighted by Crippen LogP contribution is -2.37. The summed E-state index contributed by atoms with van der Waals surface area (Å²) in [7, 11) is 0. The standard InChI is InChI=1S/C16H17N3O3/c20-15-9-13(18-8-4-7-14(18)16(21)22)10-17-19(15)11-12-5-2-1-3-6-12/h1-3,5-6,9-10,14H,4,7-8,11H2,(H,21,22). The SMILES string of the molecule is O=C(O)C1CCCN1c1cnn(Cc2ccccc2)c(=O)c1. The molecule has 1 atom stereocenters. The summed E-state index contributed by atoms with van der Waals surface area (Å²) in [6, 6.07) is 10.5. The van der Waals surface area contributed by atoms with Crippen molar-refractivity contribution >= 4 is 11.7 Å². The highest BCUT2D eigenvalue weighted by atomic mass is 16.4. The Kier molecular flexibility index (Phi) is 3.91. The van der Waals surface area contributed by atoms with Crippen molar-refractivity contribution in [2.75, 3.05) is 11.4 Å². The molecule has 22 heavy (non-hydrogen) atoms. The first-order valence-electron chi connectivity index (χ1n) is 7.26. The topological polar surface area (TPSA) is 75.4 Å². The van der Waals surface area contributed by atoms with Gasteiger partial charge in [0.25, 0.3) is 5.56 Å². The second-order valence-electron chi connectivity index (χ2n) is 5.38. The molecule has 1 aliphatic heterocycles. The molecule has 6 heteroatoms. The summed E-state index contributed by atoms with van der Waals surface area (Å²) in [6.07, 6.45) is 2.98. The molecule has 1 saturated heterocycles. The Bertz CT molecular complexity index is 727. The molecule has 2 aromatic rings. The minimum Gasteiger partial charge on any atom is -0.480 e. The number of carboxylic acid groups (broad SMARTS) is 1. The van der Waals surface area contributed by atoms with Gasteiger partial charge in [-0.05, 0) is 18.4 Å². The van der Waals surface area contributed by atoms with Gasteiger partial charge in [-0.3, -0.25) is 4.79 Å². The number of anilines is 1. The molecule has 1 fully saturated rings. The first-order valence-corrected chi connectivity index (χ1v) is 7.26. The Morgan fingerprint density at radius 2 is 2.09 bits per heavy atom. The van der Waals surface area contributed by atoms with Crippen LogP contribution in [0.1, 0.15) is 18.4 Å². The van der Waals surface area contributed by atoms with E-state index in [1.54, 1.807) is 11.1 Å². The zero-order valence-corrected chi connectivity index (χ0v) is 12.1. The van der Waals surface area contributed by atoms with Crippen LogP contribution >= 0.6 is 0 Å². The molecule has 2 heterocycles.